The van der Waals surface area contributed by atoms with Gasteiger partial charge in [0.05, 0.1) is 6.54 Å². The number of nitrogens with one attached hydrogen (secondary N) is 2. The fourth-order valence-electron chi connectivity index (χ4n) is 0.831. The highest BCUT2D eigenvalue weighted by Gasteiger charge is 1.93. The Kier molecular flexibility index (Phi) is 2.70. The molecule has 11 heavy (non-hydrogen) atoms. The van der Waals surface area contributed by atoms with E-state index in [1.807, 2.05) is 6.92 Å². The molecule has 1 heterocycles. The van der Waals surface area contributed by atoms with E-state index in [2.05, 4.69) is 21.2 Å². The predicted octanol–water partition coefficient (Wildman–Crippen LogP) is 0.441. The molecule has 0 spiro atoms. The molecular formula is C8H11N3. The summed E-state index contributed by atoms with van der Waals surface area (Å²) in [6.45, 7) is 3.27. The lowest BCUT2D eigenvalue weighted by molar-refractivity contribution is 0.752. The fourth-order valence-corrected chi connectivity index (χ4v) is 0.831. The lowest BCUT2D eigenvalue weighted by Gasteiger charge is -1.95. The summed E-state index contributed by atoms with van der Waals surface area (Å²) < 4.78 is 0. The molecule has 1 aromatic rings. The van der Waals surface area contributed by atoms with Crippen molar-refractivity contribution in [2.75, 3.05) is 6.54 Å². The van der Waals surface area contributed by atoms with Gasteiger partial charge in [0.1, 0.15) is 5.82 Å². The quantitative estimate of drug-likeness (QED) is 0.483. The van der Waals surface area contributed by atoms with Gasteiger partial charge in [-0.3, -0.25) is 0 Å². The van der Waals surface area contributed by atoms with Crippen LogP contribution in [0.3, 0.4) is 0 Å². The highest BCUT2D eigenvalue weighted by Crippen LogP contribution is 1.93. The first-order valence-corrected chi connectivity index (χ1v) is 3.47. The van der Waals surface area contributed by atoms with E-state index in [-0.39, 0.29) is 0 Å². The molecule has 3 nitrogen and oxygen atoms in total. The number of rotatable bonds is 3. The Morgan fingerprint density at radius 3 is 3.18 bits per heavy atom. The molecule has 0 aromatic carbocycles. The van der Waals surface area contributed by atoms with Crippen LogP contribution < -0.4 is 5.32 Å². The third-order valence-corrected chi connectivity index (χ3v) is 1.30. The Morgan fingerprint density at radius 2 is 2.64 bits per heavy atom. The summed E-state index contributed by atoms with van der Waals surface area (Å²) in [7, 11) is 0. The number of H-pyrrole nitrogens is 1. The Bertz CT molecular complexity index is 257. The van der Waals surface area contributed by atoms with Crippen LogP contribution in [0.5, 0.6) is 0 Å². The van der Waals surface area contributed by atoms with Gasteiger partial charge in [0.25, 0.3) is 0 Å². The largest absolute Gasteiger partial charge is 0.345 e. The Hall–Kier alpha value is -1.27. The molecule has 2 N–H and O–H groups in total. The second kappa shape index (κ2) is 3.79. The number of hydrogen-bond acceptors (Lipinski definition) is 2. The number of hydrogen-bond donors (Lipinski definition) is 2. The van der Waals surface area contributed by atoms with E-state index in [9.17, 15) is 0 Å². The number of aromatic nitrogens is 2. The van der Waals surface area contributed by atoms with Crippen LogP contribution in [0.15, 0.2) is 6.20 Å². The van der Waals surface area contributed by atoms with Crippen molar-refractivity contribution in [3.63, 3.8) is 0 Å². The van der Waals surface area contributed by atoms with Gasteiger partial charge in [-0.1, -0.05) is 5.92 Å². The molecule has 0 fully saturated rings. The first-order chi connectivity index (χ1) is 5.33. The first kappa shape index (κ1) is 7.83. The summed E-state index contributed by atoms with van der Waals surface area (Å²) >= 11 is 0. The van der Waals surface area contributed by atoms with Crippen molar-refractivity contribution < 1.29 is 0 Å². The third kappa shape index (κ3) is 2.44. The van der Waals surface area contributed by atoms with Crippen molar-refractivity contribution in [2.45, 2.75) is 13.5 Å². The standard InChI is InChI=1S/C8H11N3/c1-3-4-9-5-8-6-10-7(2)11-8/h1,6,9H,4-5H2,2H3,(H,10,11). The Balaban J connectivity index is 2.34. The van der Waals surface area contributed by atoms with Gasteiger partial charge in [0.2, 0.25) is 0 Å². The average Bonchev–Trinajstić information content (AvgIpc) is 2.37. The minimum atomic E-state index is 0.595. The van der Waals surface area contributed by atoms with Crippen LogP contribution in [0.1, 0.15) is 11.5 Å². The summed E-state index contributed by atoms with van der Waals surface area (Å²) in [5, 5.41) is 3.06. The normalized spacial score (nSPS) is 9.45. The van der Waals surface area contributed by atoms with Crippen molar-refractivity contribution in [2.24, 2.45) is 0 Å². The highest BCUT2D eigenvalue weighted by atomic mass is 14.9. The molecule has 3 heteroatoms. The van der Waals surface area contributed by atoms with E-state index >= 15 is 0 Å². The monoisotopic (exact) mass is 149 g/mol. The zero-order chi connectivity index (χ0) is 8.10. The van der Waals surface area contributed by atoms with Gasteiger partial charge < -0.3 is 10.3 Å². The predicted molar refractivity (Wildman–Crippen MR) is 43.9 cm³/mol. The number of terminal acetylenes is 1. The van der Waals surface area contributed by atoms with E-state index in [0.717, 1.165) is 18.1 Å². The summed E-state index contributed by atoms with van der Waals surface area (Å²) in [4.78, 5) is 7.14. The molecule has 58 valence electrons. The second-order valence-corrected chi connectivity index (χ2v) is 2.30. The third-order valence-electron chi connectivity index (χ3n) is 1.30. The van der Waals surface area contributed by atoms with Crippen LogP contribution >= 0.6 is 0 Å². The van der Waals surface area contributed by atoms with Gasteiger partial charge in [-0.2, -0.15) is 0 Å². The molecular weight excluding hydrogens is 138 g/mol. The van der Waals surface area contributed by atoms with Gasteiger partial charge in [0.15, 0.2) is 0 Å². The molecule has 0 saturated carbocycles. The Morgan fingerprint density at radius 1 is 1.82 bits per heavy atom. The zero-order valence-corrected chi connectivity index (χ0v) is 6.52. The van der Waals surface area contributed by atoms with E-state index in [0.29, 0.717) is 6.54 Å². The van der Waals surface area contributed by atoms with Crippen molar-refractivity contribution in [3.05, 3.63) is 17.7 Å². The van der Waals surface area contributed by atoms with Crippen LogP contribution in [0, 0.1) is 19.3 Å². The van der Waals surface area contributed by atoms with Gasteiger partial charge in [-0.05, 0) is 6.92 Å². The van der Waals surface area contributed by atoms with Crippen LogP contribution in [0.4, 0.5) is 0 Å². The molecule has 0 radical (unpaired) electrons. The van der Waals surface area contributed by atoms with Crippen LogP contribution in [-0.4, -0.2) is 16.5 Å². The summed E-state index contributed by atoms with van der Waals surface area (Å²) in [5.41, 5.74) is 1.07. The number of nitrogens with zero attached hydrogens (tertiary/aromatic N) is 1. The zero-order valence-electron chi connectivity index (χ0n) is 6.52. The van der Waals surface area contributed by atoms with E-state index in [1.165, 1.54) is 0 Å². The van der Waals surface area contributed by atoms with Crippen molar-refractivity contribution in [1.29, 1.82) is 0 Å². The van der Waals surface area contributed by atoms with E-state index < -0.39 is 0 Å². The first-order valence-electron chi connectivity index (χ1n) is 3.47. The van der Waals surface area contributed by atoms with E-state index in [4.69, 9.17) is 6.42 Å². The molecule has 0 amide bonds. The summed E-state index contributed by atoms with van der Waals surface area (Å²) in [6, 6.07) is 0. The van der Waals surface area contributed by atoms with Crippen molar-refractivity contribution >= 4 is 0 Å². The Labute approximate surface area is 66.2 Å². The molecule has 0 bridgehead atoms. The number of aryl methyl sites for hydroxylation is 1. The molecule has 0 aliphatic carbocycles. The molecule has 1 rings (SSSR count). The van der Waals surface area contributed by atoms with Gasteiger partial charge in [-0.25, -0.2) is 4.98 Å². The number of aromatic amines is 1. The minimum absolute atomic E-state index is 0.595. The maximum Gasteiger partial charge on any atom is 0.103 e. The lowest BCUT2D eigenvalue weighted by Crippen LogP contribution is -2.13. The molecule has 0 aliphatic heterocycles. The van der Waals surface area contributed by atoms with Gasteiger partial charge in [-0.15, -0.1) is 6.42 Å². The van der Waals surface area contributed by atoms with Gasteiger partial charge >= 0.3 is 0 Å². The number of imidazole rings is 1. The second-order valence-electron chi connectivity index (χ2n) is 2.30. The van der Waals surface area contributed by atoms with Crippen LogP contribution in [0.2, 0.25) is 0 Å². The molecule has 0 saturated heterocycles. The van der Waals surface area contributed by atoms with Crippen LogP contribution in [-0.2, 0) is 6.54 Å². The minimum Gasteiger partial charge on any atom is -0.345 e. The topological polar surface area (TPSA) is 40.7 Å². The molecule has 0 unspecified atom stereocenters. The fraction of sp³-hybridized carbons (Fsp3) is 0.375. The molecule has 0 aliphatic rings. The lowest BCUT2D eigenvalue weighted by atomic mass is 10.4. The maximum absolute atomic E-state index is 5.06. The molecule has 1 aromatic heterocycles. The highest BCUT2D eigenvalue weighted by molar-refractivity contribution is 5.00. The average molecular weight is 149 g/mol. The van der Waals surface area contributed by atoms with E-state index in [1.54, 1.807) is 6.20 Å². The summed E-state index contributed by atoms with van der Waals surface area (Å²) in [6.07, 6.45) is 6.86. The summed E-state index contributed by atoms with van der Waals surface area (Å²) in [5.74, 6) is 3.43. The van der Waals surface area contributed by atoms with Crippen LogP contribution in [0.25, 0.3) is 0 Å². The van der Waals surface area contributed by atoms with Gasteiger partial charge in [0, 0.05) is 18.4 Å². The smallest absolute Gasteiger partial charge is 0.103 e. The maximum atomic E-state index is 5.06. The van der Waals surface area contributed by atoms with Crippen molar-refractivity contribution in [1.82, 2.24) is 15.3 Å². The SMILES string of the molecule is C#CCNCc1cnc(C)[nH]1. The van der Waals surface area contributed by atoms with Crippen molar-refractivity contribution in [3.8, 4) is 12.3 Å². The molecule has 0 atom stereocenters.